The van der Waals surface area contributed by atoms with Gasteiger partial charge in [-0.1, -0.05) is 15.9 Å². The van der Waals surface area contributed by atoms with Crippen molar-refractivity contribution in [1.29, 1.82) is 0 Å². The van der Waals surface area contributed by atoms with Gasteiger partial charge in [0.15, 0.2) is 4.90 Å². The maximum atomic E-state index is 12.3. The Morgan fingerprint density at radius 1 is 1.47 bits per heavy atom. The summed E-state index contributed by atoms with van der Waals surface area (Å²) in [6.07, 6.45) is -0.387. The van der Waals surface area contributed by atoms with E-state index >= 15 is 0 Å². The van der Waals surface area contributed by atoms with Crippen LogP contribution < -0.4 is 0 Å². The van der Waals surface area contributed by atoms with E-state index in [0.717, 1.165) is 10.4 Å². The van der Waals surface area contributed by atoms with Crippen LogP contribution >= 0.6 is 15.9 Å². The number of nitrogens with zero attached hydrogens (tertiary/aromatic N) is 2. The Hall–Kier alpha value is -1.03. The van der Waals surface area contributed by atoms with Crippen molar-refractivity contribution in [3.05, 3.63) is 32.8 Å². The van der Waals surface area contributed by atoms with Crippen molar-refractivity contribution in [2.24, 2.45) is 0 Å². The summed E-state index contributed by atoms with van der Waals surface area (Å²) in [7, 11) is -3.97. The summed E-state index contributed by atoms with van der Waals surface area (Å²) in [6.45, 7) is 0.124. The van der Waals surface area contributed by atoms with Gasteiger partial charge in [0, 0.05) is 23.6 Å². The normalized spacial score (nSPS) is 20.6. The number of hydrogen-bond donors (Lipinski definition) is 1. The minimum Gasteiger partial charge on any atom is -0.392 e. The van der Waals surface area contributed by atoms with Crippen LogP contribution in [-0.2, 0) is 10.0 Å². The van der Waals surface area contributed by atoms with Crippen LogP contribution in [0.15, 0.2) is 27.6 Å². The third kappa shape index (κ3) is 2.78. The zero-order valence-electron chi connectivity index (χ0n) is 9.69. The van der Waals surface area contributed by atoms with Crippen molar-refractivity contribution in [3.8, 4) is 0 Å². The molecule has 1 unspecified atom stereocenters. The van der Waals surface area contributed by atoms with Gasteiger partial charge < -0.3 is 5.11 Å². The van der Waals surface area contributed by atoms with Crippen LogP contribution in [0, 0.1) is 10.1 Å². The predicted molar refractivity (Wildman–Crippen MR) is 70.2 cm³/mol. The Balaban J connectivity index is 2.51. The topological polar surface area (TPSA) is 101 Å². The van der Waals surface area contributed by atoms with Crippen LogP contribution in [0.2, 0.25) is 0 Å². The van der Waals surface area contributed by atoms with E-state index in [9.17, 15) is 23.6 Å². The van der Waals surface area contributed by atoms with Gasteiger partial charge in [-0.05, 0) is 18.6 Å². The molecule has 9 heteroatoms. The number of rotatable bonds is 3. The summed E-state index contributed by atoms with van der Waals surface area (Å²) in [6, 6.07) is 3.76. The van der Waals surface area contributed by atoms with Crippen LogP contribution in [0.5, 0.6) is 0 Å². The molecule has 0 bridgehead atoms. The van der Waals surface area contributed by atoms with Gasteiger partial charge in [-0.3, -0.25) is 10.1 Å². The van der Waals surface area contributed by atoms with E-state index in [-0.39, 0.29) is 18.0 Å². The minimum atomic E-state index is -3.97. The molecule has 1 fully saturated rings. The Morgan fingerprint density at radius 3 is 2.68 bits per heavy atom. The monoisotopic (exact) mass is 350 g/mol. The number of halogens is 1. The van der Waals surface area contributed by atoms with Gasteiger partial charge in [0.25, 0.3) is 5.69 Å². The van der Waals surface area contributed by atoms with Gasteiger partial charge in [0.2, 0.25) is 10.0 Å². The van der Waals surface area contributed by atoms with E-state index in [0.29, 0.717) is 10.9 Å². The molecular weight excluding hydrogens is 340 g/mol. The first-order valence-corrected chi connectivity index (χ1v) is 7.68. The molecule has 104 valence electrons. The van der Waals surface area contributed by atoms with Gasteiger partial charge >= 0.3 is 0 Å². The third-order valence-corrected chi connectivity index (χ3v) is 5.25. The number of aliphatic hydroxyl groups excluding tert-OH is 1. The predicted octanol–water partition coefficient (Wildman–Crippen LogP) is 1.11. The summed E-state index contributed by atoms with van der Waals surface area (Å²) in [4.78, 5) is 9.83. The fraction of sp³-hybridized carbons (Fsp3) is 0.400. The molecule has 0 spiro atoms. The molecule has 7 nitrogen and oxygen atoms in total. The average Bonchev–Trinajstić information content (AvgIpc) is 2.76. The van der Waals surface area contributed by atoms with E-state index in [1.807, 2.05) is 0 Å². The van der Waals surface area contributed by atoms with Crippen molar-refractivity contribution in [3.63, 3.8) is 0 Å². The third-order valence-electron chi connectivity index (χ3n) is 2.86. The highest BCUT2D eigenvalue weighted by molar-refractivity contribution is 9.10. The molecule has 2 rings (SSSR count). The molecular formula is C10H11BrN2O5S. The van der Waals surface area contributed by atoms with E-state index in [1.54, 1.807) is 0 Å². The molecule has 1 aromatic rings. The highest BCUT2D eigenvalue weighted by atomic mass is 79.9. The minimum absolute atomic E-state index is 0.0357. The molecule has 0 aliphatic carbocycles. The summed E-state index contributed by atoms with van der Waals surface area (Å²) < 4.78 is 26.2. The molecule has 19 heavy (non-hydrogen) atoms. The maximum Gasteiger partial charge on any atom is 0.289 e. The second-order valence-corrected chi connectivity index (χ2v) is 7.00. The summed E-state index contributed by atoms with van der Waals surface area (Å²) >= 11 is 3.10. The van der Waals surface area contributed by atoms with E-state index in [4.69, 9.17) is 0 Å². The van der Waals surface area contributed by atoms with E-state index in [2.05, 4.69) is 15.9 Å². The number of β-amino-alcohol motifs (C(OH)–C–C–N with tert-alkyl or cyclic N) is 1. The van der Waals surface area contributed by atoms with Gasteiger partial charge in [-0.25, -0.2) is 8.42 Å². The second-order valence-electron chi connectivity index (χ2n) is 4.17. The number of nitro groups is 1. The first-order chi connectivity index (χ1) is 8.82. The lowest BCUT2D eigenvalue weighted by Gasteiger charge is -2.15. The molecule has 0 radical (unpaired) electrons. The van der Waals surface area contributed by atoms with Crippen LogP contribution in [0.1, 0.15) is 6.42 Å². The largest absolute Gasteiger partial charge is 0.392 e. The fourth-order valence-corrected chi connectivity index (χ4v) is 4.10. The number of nitro benzene ring substituents is 1. The first-order valence-electron chi connectivity index (χ1n) is 5.44. The van der Waals surface area contributed by atoms with Crippen molar-refractivity contribution in [2.75, 3.05) is 13.1 Å². The van der Waals surface area contributed by atoms with Crippen molar-refractivity contribution in [2.45, 2.75) is 17.4 Å². The number of hydrogen-bond acceptors (Lipinski definition) is 5. The molecule has 1 aliphatic rings. The molecule has 0 amide bonds. The molecule has 1 aliphatic heterocycles. The van der Waals surface area contributed by atoms with Crippen LogP contribution in [0.25, 0.3) is 0 Å². The van der Waals surface area contributed by atoms with Gasteiger partial charge in [0.05, 0.1) is 11.0 Å². The Kier molecular flexibility index (Phi) is 3.90. The number of benzene rings is 1. The average molecular weight is 351 g/mol. The smallest absolute Gasteiger partial charge is 0.289 e. The molecule has 0 saturated carbocycles. The molecule has 1 saturated heterocycles. The van der Waals surface area contributed by atoms with Crippen molar-refractivity contribution >= 4 is 31.6 Å². The highest BCUT2D eigenvalue weighted by Gasteiger charge is 2.36. The summed E-state index contributed by atoms with van der Waals surface area (Å²) in [5, 5.41) is 20.3. The van der Waals surface area contributed by atoms with Gasteiger partial charge in [-0.2, -0.15) is 4.31 Å². The SMILES string of the molecule is O=[N+]([O-])c1ccc(Br)cc1S(=O)(=O)N1CCC(O)C1. The first kappa shape index (κ1) is 14.4. The fourth-order valence-electron chi connectivity index (χ4n) is 1.91. The standard InChI is InChI=1S/C10H11BrN2O5S/c11-7-1-2-9(13(15)16)10(5-7)19(17,18)12-4-3-8(14)6-12/h1-2,5,8,14H,3-4,6H2. The lowest BCUT2D eigenvalue weighted by atomic mass is 10.3. The zero-order chi connectivity index (χ0) is 14.2. The lowest BCUT2D eigenvalue weighted by molar-refractivity contribution is -0.387. The van der Waals surface area contributed by atoms with E-state index < -0.39 is 26.7 Å². The van der Waals surface area contributed by atoms with Crippen LogP contribution in [0.3, 0.4) is 0 Å². The van der Waals surface area contributed by atoms with Gasteiger partial charge in [0.1, 0.15) is 0 Å². The maximum absolute atomic E-state index is 12.3. The summed E-state index contributed by atoms with van der Waals surface area (Å²) in [5.41, 5.74) is -0.468. The van der Waals surface area contributed by atoms with Crippen LogP contribution in [-0.4, -0.2) is 41.9 Å². The van der Waals surface area contributed by atoms with Crippen molar-refractivity contribution in [1.82, 2.24) is 4.31 Å². The molecule has 1 heterocycles. The molecule has 1 aromatic carbocycles. The van der Waals surface area contributed by atoms with E-state index in [1.165, 1.54) is 12.1 Å². The lowest BCUT2D eigenvalue weighted by Crippen LogP contribution is -2.30. The second kappa shape index (κ2) is 5.16. The number of sulfonamides is 1. The van der Waals surface area contributed by atoms with Crippen LogP contribution in [0.4, 0.5) is 5.69 Å². The molecule has 1 N–H and O–H groups in total. The van der Waals surface area contributed by atoms with Crippen molar-refractivity contribution < 1.29 is 18.4 Å². The Morgan fingerprint density at radius 2 is 2.16 bits per heavy atom. The number of aliphatic hydroxyl groups is 1. The molecule has 0 aromatic heterocycles. The highest BCUT2D eigenvalue weighted by Crippen LogP contribution is 2.31. The molecule has 1 atom stereocenters. The Bertz CT molecular complexity index is 618. The zero-order valence-corrected chi connectivity index (χ0v) is 12.1. The quantitative estimate of drug-likeness (QED) is 0.650. The Labute approximate surface area is 118 Å². The summed E-state index contributed by atoms with van der Waals surface area (Å²) in [5.74, 6) is 0. The van der Waals surface area contributed by atoms with Gasteiger partial charge in [-0.15, -0.1) is 0 Å².